The molecule has 21 heavy (non-hydrogen) atoms. The third kappa shape index (κ3) is 2.57. The molecule has 4 nitrogen and oxygen atoms in total. The predicted molar refractivity (Wildman–Crippen MR) is 78.4 cm³/mol. The molecule has 0 saturated carbocycles. The first-order chi connectivity index (χ1) is 10.1. The van der Waals surface area contributed by atoms with Gasteiger partial charge in [-0.1, -0.05) is 17.7 Å². The molecule has 0 saturated heterocycles. The Hall–Kier alpha value is -2.11. The fourth-order valence-electron chi connectivity index (χ4n) is 2.28. The number of fused-ring (bicyclic) bond motifs is 1. The second-order valence-electron chi connectivity index (χ2n) is 4.64. The van der Waals surface area contributed by atoms with Gasteiger partial charge in [-0.05, 0) is 31.3 Å². The van der Waals surface area contributed by atoms with Crippen molar-refractivity contribution in [3.63, 3.8) is 0 Å². The Morgan fingerprint density at radius 3 is 2.81 bits per heavy atom. The maximum absolute atomic E-state index is 13.0. The molecule has 3 rings (SSSR count). The Kier molecular flexibility index (Phi) is 3.53. The van der Waals surface area contributed by atoms with Gasteiger partial charge in [-0.25, -0.2) is 4.39 Å². The standard InChI is InChI=1S/C15H12ClFN2O2/c1-18-14-10-4-3-9(7-12(10)19-15(14)20)21-13-5-2-8(17)6-11(13)16/h2-7,14,18H,1H3,(H,19,20). The minimum Gasteiger partial charge on any atom is -0.456 e. The zero-order valence-electron chi connectivity index (χ0n) is 11.1. The van der Waals surface area contributed by atoms with E-state index in [1.165, 1.54) is 18.2 Å². The summed E-state index contributed by atoms with van der Waals surface area (Å²) in [6.45, 7) is 0. The van der Waals surface area contributed by atoms with Crippen LogP contribution < -0.4 is 15.4 Å². The zero-order valence-corrected chi connectivity index (χ0v) is 11.9. The van der Waals surface area contributed by atoms with Gasteiger partial charge in [0.1, 0.15) is 23.4 Å². The highest BCUT2D eigenvalue weighted by Crippen LogP contribution is 2.36. The van der Waals surface area contributed by atoms with Crippen LogP contribution in [0.3, 0.4) is 0 Å². The molecule has 1 aliphatic rings. The SMILES string of the molecule is CNC1C(=O)Nc2cc(Oc3ccc(F)cc3Cl)ccc21. The van der Waals surface area contributed by atoms with Gasteiger partial charge in [-0.2, -0.15) is 0 Å². The molecule has 1 atom stereocenters. The molecule has 1 unspecified atom stereocenters. The molecule has 0 fully saturated rings. The van der Waals surface area contributed by atoms with Gasteiger partial charge in [-0.15, -0.1) is 0 Å². The highest BCUT2D eigenvalue weighted by Gasteiger charge is 2.29. The number of nitrogens with one attached hydrogen (secondary N) is 2. The van der Waals surface area contributed by atoms with E-state index in [0.29, 0.717) is 17.2 Å². The van der Waals surface area contributed by atoms with E-state index in [1.807, 2.05) is 0 Å². The molecule has 108 valence electrons. The molecule has 2 aromatic carbocycles. The molecular formula is C15H12ClFN2O2. The summed E-state index contributed by atoms with van der Waals surface area (Å²) in [4.78, 5) is 11.7. The lowest BCUT2D eigenvalue weighted by Crippen LogP contribution is -2.23. The van der Waals surface area contributed by atoms with Gasteiger partial charge in [0.2, 0.25) is 5.91 Å². The number of benzene rings is 2. The first kappa shape index (κ1) is 13.9. The summed E-state index contributed by atoms with van der Waals surface area (Å²) in [5.74, 6) is 0.335. The summed E-state index contributed by atoms with van der Waals surface area (Å²) in [6, 6.07) is 8.81. The quantitative estimate of drug-likeness (QED) is 0.912. The molecule has 2 aromatic rings. The molecule has 0 spiro atoms. The lowest BCUT2D eigenvalue weighted by atomic mass is 10.1. The smallest absolute Gasteiger partial charge is 0.246 e. The molecule has 0 aliphatic carbocycles. The third-order valence-electron chi connectivity index (χ3n) is 3.27. The highest BCUT2D eigenvalue weighted by atomic mass is 35.5. The van der Waals surface area contributed by atoms with Crippen LogP contribution in [-0.4, -0.2) is 13.0 Å². The van der Waals surface area contributed by atoms with Crippen LogP contribution in [0.4, 0.5) is 10.1 Å². The highest BCUT2D eigenvalue weighted by molar-refractivity contribution is 6.32. The fourth-order valence-corrected chi connectivity index (χ4v) is 2.48. The van der Waals surface area contributed by atoms with E-state index in [4.69, 9.17) is 16.3 Å². The number of carbonyl (C=O) groups is 1. The van der Waals surface area contributed by atoms with Crippen LogP contribution in [0.1, 0.15) is 11.6 Å². The first-order valence-electron chi connectivity index (χ1n) is 6.33. The summed E-state index contributed by atoms with van der Waals surface area (Å²) in [5, 5.41) is 5.90. The van der Waals surface area contributed by atoms with Crippen LogP contribution in [0.5, 0.6) is 11.5 Å². The minimum absolute atomic E-state index is 0.107. The van der Waals surface area contributed by atoms with Gasteiger partial charge in [0.15, 0.2) is 0 Å². The molecule has 0 aromatic heterocycles. The van der Waals surface area contributed by atoms with Gasteiger partial charge >= 0.3 is 0 Å². The first-order valence-corrected chi connectivity index (χ1v) is 6.71. The third-order valence-corrected chi connectivity index (χ3v) is 3.56. The molecule has 1 heterocycles. The maximum Gasteiger partial charge on any atom is 0.246 e. The lowest BCUT2D eigenvalue weighted by Gasteiger charge is -2.10. The van der Waals surface area contributed by atoms with Crippen molar-refractivity contribution < 1.29 is 13.9 Å². The zero-order chi connectivity index (χ0) is 15.0. The second-order valence-corrected chi connectivity index (χ2v) is 5.04. The Morgan fingerprint density at radius 1 is 1.29 bits per heavy atom. The van der Waals surface area contributed by atoms with Gasteiger partial charge in [0.05, 0.1) is 5.02 Å². The lowest BCUT2D eigenvalue weighted by molar-refractivity contribution is -0.117. The van der Waals surface area contributed by atoms with Crippen molar-refractivity contribution in [1.29, 1.82) is 0 Å². The van der Waals surface area contributed by atoms with Gasteiger partial charge in [-0.3, -0.25) is 4.79 Å². The number of hydrogen-bond donors (Lipinski definition) is 2. The monoisotopic (exact) mass is 306 g/mol. The molecule has 1 amide bonds. The van der Waals surface area contributed by atoms with Crippen molar-refractivity contribution in [2.45, 2.75) is 6.04 Å². The Morgan fingerprint density at radius 2 is 2.10 bits per heavy atom. The van der Waals surface area contributed by atoms with Gasteiger partial charge < -0.3 is 15.4 Å². The molecule has 2 N–H and O–H groups in total. The average Bonchev–Trinajstić information content (AvgIpc) is 2.76. The minimum atomic E-state index is -0.426. The molecule has 0 radical (unpaired) electrons. The van der Waals surface area contributed by atoms with E-state index >= 15 is 0 Å². The van der Waals surface area contributed by atoms with Crippen molar-refractivity contribution in [1.82, 2.24) is 5.32 Å². The Bertz CT molecular complexity index is 721. The number of halogens is 2. The number of amides is 1. The number of ether oxygens (including phenoxy) is 1. The van der Waals surface area contributed by atoms with Crippen molar-refractivity contribution in [2.75, 3.05) is 12.4 Å². The second kappa shape index (κ2) is 5.35. The normalized spacial score (nSPS) is 16.5. The Labute approximate surface area is 125 Å². The molecule has 0 bridgehead atoms. The van der Waals surface area contributed by atoms with E-state index in [9.17, 15) is 9.18 Å². The van der Waals surface area contributed by atoms with Gasteiger partial charge in [0.25, 0.3) is 0 Å². The van der Waals surface area contributed by atoms with E-state index < -0.39 is 5.82 Å². The Balaban J connectivity index is 1.89. The van der Waals surface area contributed by atoms with Crippen molar-refractivity contribution >= 4 is 23.2 Å². The maximum atomic E-state index is 13.0. The molecular weight excluding hydrogens is 295 g/mol. The van der Waals surface area contributed by atoms with Crippen LogP contribution in [0.25, 0.3) is 0 Å². The van der Waals surface area contributed by atoms with Crippen LogP contribution in [0.15, 0.2) is 36.4 Å². The van der Waals surface area contributed by atoms with Crippen molar-refractivity contribution in [2.24, 2.45) is 0 Å². The number of carbonyl (C=O) groups excluding carboxylic acids is 1. The number of hydrogen-bond acceptors (Lipinski definition) is 3. The largest absolute Gasteiger partial charge is 0.456 e. The summed E-state index contributed by atoms with van der Waals surface area (Å²) in [6.07, 6.45) is 0. The van der Waals surface area contributed by atoms with E-state index in [2.05, 4.69) is 10.6 Å². The topological polar surface area (TPSA) is 50.4 Å². The average molecular weight is 307 g/mol. The van der Waals surface area contributed by atoms with Crippen LogP contribution >= 0.6 is 11.6 Å². The van der Waals surface area contributed by atoms with E-state index in [0.717, 1.165) is 5.56 Å². The summed E-state index contributed by atoms with van der Waals surface area (Å²) >= 11 is 5.92. The fraction of sp³-hybridized carbons (Fsp3) is 0.133. The van der Waals surface area contributed by atoms with Crippen molar-refractivity contribution in [3.05, 3.63) is 52.8 Å². The molecule has 6 heteroatoms. The number of anilines is 1. The van der Waals surface area contributed by atoms with E-state index in [1.54, 1.807) is 25.2 Å². The van der Waals surface area contributed by atoms with Crippen LogP contribution in [0, 0.1) is 5.82 Å². The number of rotatable bonds is 3. The number of likely N-dealkylation sites (N-methyl/N-ethyl adjacent to an activating group) is 1. The van der Waals surface area contributed by atoms with Gasteiger partial charge in [0, 0.05) is 17.3 Å². The van der Waals surface area contributed by atoms with Crippen LogP contribution in [-0.2, 0) is 4.79 Å². The summed E-state index contributed by atoms with van der Waals surface area (Å²) in [7, 11) is 1.72. The summed E-state index contributed by atoms with van der Waals surface area (Å²) in [5.41, 5.74) is 1.55. The van der Waals surface area contributed by atoms with Crippen LogP contribution in [0.2, 0.25) is 5.02 Å². The summed E-state index contributed by atoms with van der Waals surface area (Å²) < 4.78 is 18.6. The predicted octanol–water partition coefficient (Wildman–Crippen LogP) is 3.48. The molecule has 1 aliphatic heterocycles. The van der Waals surface area contributed by atoms with Crippen molar-refractivity contribution in [3.8, 4) is 11.5 Å². The van der Waals surface area contributed by atoms with E-state index in [-0.39, 0.29) is 17.0 Å².